The number of benzene rings is 2. The van der Waals surface area contributed by atoms with Gasteiger partial charge in [0, 0.05) is 43.4 Å². The number of nitrogens with zero attached hydrogens (tertiary/aromatic N) is 3. The second-order valence-electron chi connectivity index (χ2n) is 12.4. The highest BCUT2D eigenvalue weighted by Gasteiger charge is 2.63. The summed E-state index contributed by atoms with van der Waals surface area (Å²) in [6, 6.07) is 8.42. The number of hydrogen-bond acceptors (Lipinski definition) is 10. The number of rotatable bonds is 6. The molecule has 11 heteroatoms. The minimum atomic E-state index is -2.68. The van der Waals surface area contributed by atoms with Crippen molar-refractivity contribution in [1.82, 2.24) is 9.80 Å². The maximum absolute atomic E-state index is 14.2. The van der Waals surface area contributed by atoms with Crippen LogP contribution in [0.3, 0.4) is 0 Å². The van der Waals surface area contributed by atoms with Crippen molar-refractivity contribution >= 4 is 23.2 Å². The first-order valence-corrected chi connectivity index (χ1v) is 14.1. The lowest BCUT2D eigenvalue weighted by atomic mass is 9.58. The number of aliphatic hydroxyl groups excluding tert-OH is 2. The zero-order chi connectivity index (χ0) is 31.7. The Morgan fingerprint density at radius 2 is 1.65 bits per heavy atom. The van der Waals surface area contributed by atoms with Crippen LogP contribution in [0.4, 0.5) is 5.69 Å². The third kappa shape index (κ3) is 4.50. The number of carbonyl (C=O) groups is 3. The van der Waals surface area contributed by atoms with Gasteiger partial charge in [0.25, 0.3) is 5.91 Å². The van der Waals surface area contributed by atoms with Crippen molar-refractivity contribution in [3.8, 4) is 16.9 Å². The second-order valence-corrected chi connectivity index (χ2v) is 12.4. The van der Waals surface area contributed by atoms with E-state index in [1.165, 1.54) is 4.90 Å². The smallest absolute Gasteiger partial charge is 0.255 e. The highest BCUT2D eigenvalue weighted by Crippen LogP contribution is 2.54. The van der Waals surface area contributed by atoms with E-state index < -0.39 is 58.0 Å². The number of Topliss-reactive ketones (excluding diaryl/α,β-unsaturated/α-hetero) is 2. The molecule has 0 bridgehead atoms. The standard InChI is InChI=1S/C32H38N4O7/c1-34(2)14-15-7-9-16(10-8-15)18-13-21(35(3)4)19-11-17-12-20-25(36(5)6)28(39)24(31(33)42)30(41)32(20,43)29(40)22(17)27(38)23(19)26(18)37/h7-10,13,17,20,25,37,39-40,43H,11-12,14H2,1-6H3,(H2,33,42)/t17-,20-,25-,32-/m0/s1. The molecule has 6 N–H and O–H groups in total. The Labute approximate surface area is 250 Å². The van der Waals surface area contributed by atoms with Crippen LogP contribution in [0.5, 0.6) is 5.75 Å². The largest absolute Gasteiger partial charge is 0.510 e. The monoisotopic (exact) mass is 590 g/mol. The quantitative estimate of drug-likeness (QED) is 0.314. The summed E-state index contributed by atoms with van der Waals surface area (Å²) in [5, 5.41) is 46.0. The number of allylic oxidation sites excluding steroid dienone is 1. The summed E-state index contributed by atoms with van der Waals surface area (Å²) >= 11 is 0. The number of likely N-dealkylation sites (N-methyl/N-ethyl adjacent to an activating group) is 1. The van der Waals surface area contributed by atoms with Gasteiger partial charge in [0.15, 0.2) is 11.4 Å². The van der Waals surface area contributed by atoms with Gasteiger partial charge in [-0.2, -0.15) is 0 Å². The van der Waals surface area contributed by atoms with Crippen LogP contribution >= 0.6 is 0 Å². The summed E-state index contributed by atoms with van der Waals surface area (Å²) in [6.45, 7) is 0.731. The van der Waals surface area contributed by atoms with E-state index in [1.807, 2.05) is 68.3 Å². The van der Waals surface area contributed by atoms with Crippen molar-refractivity contribution in [2.45, 2.75) is 31.0 Å². The predicted molar refractivity (Wildman–Crippen MR) is 161 cm³/mol. The molecule has 228 valence electrons. The average molecular weight is 591 g/mol. The predicted octanol–water partition coefficient (Wildman–Crippen LogP) is 1.92. The molecule has 2 aromatic rings. The topological polar surface area (TPSA) is 168 Å². The Morgan fingerprint density at radius 3 is 2.19 bits per heavy atom. The molecule has 3 aliphatic carbocycles. The molecule has 0 unspecified atom stereocenters. The lowest BCUT2D eigenvalue weighted by molar-refractivity contribution is -0.148. The first-order valence-electron chi connectivity index (χ1n) is 14.1. The van der Waals surface area contributed by atoms with Crippen molar-refractivity contribution in [1.29, 1.82) is 0 Å². The number of anilines is 1. The van der Waals surface area contributed by atoms with Crippen LogP contribution in [0.25, 0.3) is 11.1 Å². The number of aliphatic hydroxyl groups is 3. The maximum atomic E-state index is 14.2. The van der Waals surface area contributed by atoms with Gasteiger partial charge in [-0.3, -0.25) is 19.3 Å². The van der Waals surface area contributed by atoms with E-state index in [4.69, 9.17) is 5.73 Å². The number of fused-ring (bicyclic) bond motifs is 3. The summed E-state index contributed by atoms with van der Waals surface area (Å²) in [4.78, 5) is 45.4. The maximum Gasteiger partial charge on any atom is 0.255 e. The zero-order valence-corrected chi connectivity index (χ0v) is 25.2. The van der Waals surface area contributed by atoms with Gasteiger partial charge >= 0.3 is 0 Å². The number of aromatic hydroxyl groups is 1. The van der Waals surface area contributed by atoms with Gasteiger partial charge in [-0.05, 0) is 69.7 Å². The number of phenolic OH excluding ortho intramolecular Hbond substituents is 1. The molecule has 0 radical (unpaired) electrons. The normalized spacial score (nSPS) is 25.2. The van der Waals surface area contributed by atoms with Gasteiger partial charge in [0.1, 0.15) is 22.8 Å². The molecule has 0 heterocycles. The van der Waals surface area contributed by atoms with Crippen LogP contribution in [0.1, 0.15) is 27.9 Å². The van der Waals surface area contributed by atoms with Gasteiger partial charge in [0.05, 0.1) is 11.6 Å². The van der Waals surface area contributed by atoms with Gasteiger partial charge in [0.2, 0.25) is 5.78 Å². The summed E-state index contributed by atoms with van der Waals surface area (Å²) in [7, 11) is 10.8. The van der Waals surface area contributed by atoms with Crippen LogP contribution < -0.4 is 10.6 Å². The summed E-state index contributed by atoms with van der Waals surface area (Å²) in [6.07, 6.45) is 0.256. The lowest BCUT2D eigenvalue weighted by Crippen LogP contribution is -2.63. The number of phenols is 1. The highest BCUT2D eigenvalue weighted by atomic mass is 16.3. The van der Waals surface area contributed by atoms with Crippen LogP contribution in [0, 0.1) is 11.8 Å². The van der Waals surface area contributed by atoms with Gasteiger partial charge in [-0.1, -0.05) is 24.3 Å². The van der Waals surface area contributed by atoms with E-state index in [2.05, 4.69) is 0 Å². The summed E-state index contributed by atoms with van der Waals surface area (Å²) < 4.78 is 0. The van der Waals surface area contributed by atoms with Crippen LogP contribution in [-0.4, -0.2) is 102 Å². The molecule has 2 aromatic carbocycles. The number of ketones is 2. The number of amides is 1. The lowest BCUT2D eigenvalue weighted by Gasteiger charge is -2.50. The molecule has 5 rings (SSSR count). The fraction of sp³-hybridized carbons (Fsp3) is 0.406. The molecular formula is C32H38N4O7. The van der Waals surface area contributed by atoms with Gasteiger partial charge < -0.3 is 36.0 Å². The second kappa shape index (κ2) is 10.5. The van der Waals surface area contributed by atoms with Crippen LogP contribution in [0.2, 0.25) is 0 Å². The average Bonchev–Trinajstić information content (AvgIpc) is 2.90. The Balaban J connectivity index is 1.70. The van der Waals surface area contributed by atoms with Crippen molar-refractivity contribution in [3.63, 3.8) is 0 Å². The first-order chi connectivity index (χ1) is 20.1. The fourth-order valence-electron chi connectivity index (χ4n) is 7.07. The molecule has 1 amide bonds. The molecule has 0 spiro atoms. The Hall–Kier alpha value is -4.19. The van der Waals surface area contributed by atoms with Crippen LogP contribution in [-0.2, 0) is 22.6 Å². The van der Waals surface area contributed by atoms with E-state index in [1.54, 1.807) is 14.1 Å². The number of hydrogen-bond donors (Lipinski definition) is 5. The number of primary amides is 1. The molecule has 0 saturated carbocycles. The molecule has 0 aromatic heterocycles. The van der Waals surface area contributed by atoms with E-state index in [-0.39, 0.29) is 29.7 Å². The Morgan fingerprint density at radius 1 is 1.02 bits per heavy atom. The van der Waals surface area contributed by atoms with Crippen molar-refractivity contribution in [2.75, 3.05) is 47.2 Å². The first kappa shape index (κ1) is 30.3. The molecule has 3 aliphatic rings. The molecule has 0 fully saturated rings. The van der Waals surface area contributed by atoms with E-state index in [9.17, 15) is 34.8 Å². The van der Waals surface area contributed by atoms with E-state index in [0.717, 1.165) is 12.1 Å². The minimum Gasteiger partial charge on any atom is -0.510 e. The fourth-order valence-corrected chi connectivity index (χ4v) is 7.07. The number of nitrogens with two attached hydrogens (primary N) is 1. The van der Waals surface area contributed by atoms with Gasteiger partial charge in [-0.15, -0.1) is 0 Å². The van der Waals surface area contributed by atoms with Crippen molar-refractivity contribution < 1.29 is 34.8 Å². The molecule has 11 nitrogen and oxygen atoms in total. The summed E-state index contributed by atoms with van der Waals surface area (Å²) in [5.74, 6) is -6.68. The molecule has 43 heavy (non-hydrogen) atoms. The van der Waals surface area contributed by atoms with Crippen molar-refractivity contribution in [3.05, 3.63) is 69.7 Å². The number of carbonyl (C=O) groups excluding carboxylic acids is 3. The third-order valence-electron chi connectivity index (χ3n) is 8.94. The van der Waals surface area contributed by atoms with E-state index >= 15 is 0 Å². The SMILES string of the molecule is CN(C)Cc1ccc(-c2cc(N(C)C)c3c(c2O)C(=O)C2=C(O)[C@]4(O)C(=O)C(C(N)=O)=C(O)[C@@H](N(C)C)[C@@H]4C[C@@H]2C3)cc1. The van der Waals surface area contributed by atoms with Crippen molar-refractivity contribution in [2.24, 2.45) is 17.6 Å². The molecule has 0 aliphatic heterocycles. The molecular weight excluding hydrogens is 552 g/mol. The van der Waals surface area contributed by atoms with E-state index in [0.29, 0.717) is 22.4 Å². The van der Waals surface area contributed by atoms with Gasteiger partial charge in [-0.25, -0.2) is 0 Å². The zero-order valence-electron chi connectivity index (χ0n) is 25.2. The Kier molecular flexibility index (Phi) is 7.40. The highest BCUT2D eigenvalue weighted by molar-refractivity contribution is 6.25. The third-order valence-corrected chi connectivity index (χ3v) is 8.94. The van der Waals surface area contributed by atoms with Crippen LogP contribution in [0.15, 0.2) is 53.0 Å². The molecule has 0 saturated heterocycles. The minimum absolute atomic E-state index is 0.0145. The molecule has 4 atom stereocenters. The summed E-state index contributed by atoms with van der Waals surface area (Å²) in [5.41, 5.74) is 5.17. The Bertz CT molecular complexity index is 1610.